The van der Waals surface area contributed by atoms with Crippen LogP contribution in [0, 0.1) is 0 Å². The van der Waals surface area contributed by atoms with Crippen LogP contribution in [-0.4, -0.2) is 50.7 Å². The summed E-state index contributed by atoms with van der Waals surface area (Å²) in [5.74, 6) is 1.39. The van der Waals surface area contributed by atoms with E-state index in [2.05, 4.69) is 24.1 Å². The van der Waals surface area contributed by atoms with Crippen LogP contribution in [0.5, 0.6) is 11.5 Å². The molecule has 2 fully saturated rings. The Bertz CT molecular complexity index is 670. The first-order valence-electron chi connectivity index (χ1n) is 8.99. The standard InChI is InChI=1S/C19H25NO4/c1-20-8-7-18-5-6-19(22-9-10-23-19)11-15(18)24-17-14(21-2)4-3-13(12-20)16(17)18/h3-4,15H,5-12H2,1-2H3. The fourth-order valence-electron chi connectivity index (χ4n) is 5.23. The maximum absolute atomic E-state index is 6.52. The van der Waals surface area contributed by atoms with Crippen molar-refractivity contribution in [2.24, 2.45) is 0 Å². The Balaban J connectivity index is 1.63. The fourth-order valence-corrected chi connectivity index (χ4v) is 5.23. The van der Waals surface area contributed by atoms with Crippen molar-refractivity contribution in [3.05, 3.63) is 23.3 Å². The van der Waals surface area contributed by atoms with Gasteiger partial charge in [0.15, 0.2) is 17.3 Å². The molecule has 0 N–H and O–H groups in total. The molecule has 0 aromatic heterocycles. The van der Waals surface area contributed by atoms with Gasteiger partial charge in [0.2, 0.25) is 0 Å². The number of rotatable bonds is 1. The highest BCUT2D eigenvalue weighted by atomic mass is 16.7. The molecule has 1 aromatic rings. The third kappa shape index (κ3) is 1.92. The first-order chi connectivity index (χ1) is 11.7. The second-order valence-corrected chi connectivity index (χ2v) is 7.69. The minimum absolute atomic E-state index is 0.0739. The molecule has 5 nitrogen and oxygen atoms in total. The van der Waals surface area contributed by atoms with Gasteiger partial charge in [0, 0.05) is 30.4 Å². The average Bonchev–Trinajstić information content (AvgIpc) is 3.13. The van der Waals surface area contributed by atoms with Crippen molar-refractivity contribution in [3.63, 3.8) is 0 Å². The lowest BCUT2D eigenvalue weighted by Gasteiger charge is -2.45. The van der Waals surface area contributed by atoms with E-state index in [1.807, 2.05) is 0 Å². The predicted octanol–water partition coefficient (Wildman–Crippen LogP) is 2.46. The predicted molar refractivity (Wildman–Crippen MR) is 88.5 cm³/mol. The molecule has 1 saturated carbocycles. The molecule has 5 rings (SSSR count). The van der Waals surface area contributed by atoms with Gasteiger partial charge in [0.25, 0.3) is 0 Å². The van der Waals surface area contributed by atoms with Crippen molar-refractivity contribution in [1.82, 2.24) is 4.90 Å². The van der Waals surface area contributed by atoms with Gasteiger partial charge in [-0.05, 0) is 38.1 Å². The molecular formula is C19H25NO4. The smallest absolute Gasteiger partial charge is 0.172 e. The van der Waals surface area contributed by atoms with E-state index in [1.165, 1.54) is 11.1 Å². The molecular weight excluding hydrogens is 306 g/mol. The van der Waals surface area contributed by atoms with Crippen molar-refractivity contribution < 1.29 is 18.9 Å². The summed E-state index contributed by atoms with van der Waals surface area (Å²) in [6.45, 7) is 3.46. The lowest BCUT2D eigenvalue weighted by Crippen LogP contribution is -2.51. The summed E-state index contributed by atoms with van der Waals surface area (Å²) in [7, 11) is 3.93. The van der Waals surface area contributed by atoms with Gasteiger partial charge in [-0.2, -0.15) is 0 Å². The maximum atomic E-state index is 6.52. The molecule has 2 unspecified atom stereocenters. The molecule has 4 aliphatic rings. The highest BCUT2D eigenvalue weighted by Gasteiger charge is 2.59. The maximum Gasteiger partial charge on any atom is 0.172 e. The van der Waals surface area contributed by atoms with Crippen molar-refractivity contribution in [2.45, 2.75) is 49.5 Å². The second kappa shape index (κ2) is 5.10. The molecule has 1 saturated heterocycles. The molecule has 130 valence electrons. The average molecular weight is 331 g/mol. The Kier molecular flexibility index (Phi) is 3.19. The molecule has 0 radical (unpaired) electrons. The van der Waals surface area contributed by atoms with Crippen molar-refractivity contribution in [1.29, 1.82) is 0 Å². The molecule has 0 amide bonds. The molecule has 1 aromatic carbocycles. The molecule has 2 spiro atoms. The lowest BCUT2D eigenvalue weighted by atomic mass is 9.64. The Morgan fingerprint density at radius 1 is 1.17 bits per heavy atom. The summed E-state index contributed by atoms with van der Waals surface area (Å²) < 4.78 is 24.1. The summed E-state index contributed by atoms with van der Waals surface area (Å²) >= 11 is 0. The van der Waals surface area contributed by atoms with E-state index in [9.17, 15) is 0 Å². The largest absolute Gasteiger partial charge is 0.493 e. The van der Waals surface area contributed by atoms with E-state index in [4.69, 9.17) is 18.9 Å². The molecule has 3 heterocycles. The van der Waals surface area contributed by atoms with Crippen LogP contribution in [0.3, 0.4) is 0 Å². The Labute approximate surface area is 142 Å². The van der Waals surface area contributed by atoms with Crippen LogP contribution in [0.2, 0.25) is 0 Å². The number of hydrogen-bond donors (Lipinski definition) is 0. The zero-order chi connectivity index (χ0) is 16.4. The van der Waals surface area contributed by atoms with Gasteiger partial charge >= 0.3 is 0 Å². The summed E-state index contributed by atoms with van der Waals surface area (Å²) in [6.07, 6.45) is 4.05. The van der Waals surface area contributed by atoms with E-state index in [1.54, 1.807) is 7.11 Å². The number of hydrogen-bond acceptors (Lipinski definition) is 5. The SMILES string of the molecule is COc1ccc2c3c1OC1CC4(CCC31CCN(C)C2)OCCO4. The first kappa shape index (κ1) is 15.0. The zero-order valence-corrected chi connectivity index (χ0v) is 14.5. The van der Waals surface area contributed by atoms with Gasteiger partial charge in [0.05, 0.1) is 20.3 Å². The Hall–Kier alpha value is -1.30. The van der Waals surface area contributed by atoms with Crippen molar-refractivity contribution in [2.75, 3.05) is 33.9 Å². The van der Waals surface area contributed by atoms with Crippen LogP contribution >= 0.6 is 0 Å². The van der Waals surface area contributed by atoms with Crippen LogP contribution in [0.4, 0.5) is 0 Å². The summed E-state index contributed by atoms with van der Waals surface area (Å²) in [5, 5.41) is 0. The quantitative estimate of drug-likeness (QED) is 0.790. The van der Waals surface area contributed by atoms with E-state index in [-0.39, 0.29) is 11.5 Å². The van der Waals surface area contributed by atoms with Gasteiger partial charge in [0.1, 0.15) is 6.10 Å². The van der Waals surface area contributed by atoms with Crippen LogP contribution < -0.4 is 9.47 Å². The number of ether oxygens (including phenoxy) is 4. The van der Waals surface area contributed by atoms with Gasteiger partial charge in [-0.3, -0.25) is 0 Å². The molecule has 3 aliphatic heterocycles. The summed E-state index contributed by atoms with van der Waals surface area (Å²) in [4.78, 5) is 2.42. The van der Waals surface area contributed by atoms with Gasteiger partial charge in [-0.15, -0.1) is 0 Å². The van der Waals surface area contributed by atoms with E-state index in [0.717, 1.165) is 50.3 Å². The topological polar surface area (TPSA) is 40.2 Å². The Morgan fingerprint density at radius 2 is 2.00 bits per heavy atom. The molecule has 5 heteroatoms. The van der Waals surface area contributed by atoms with Gasteiger partial charge in [-0.1, -0.05) is 6.07 Å². The first-order valence-corrected chi connectivity index (χ1v) is 8.99. The fraction of sp³-hybridized carbons (Fsp3) is 0.684. The highest BCUT2D eigenvalue weighted by molar-refractivity contribution is 5.59. The zero-order valence-electron chi connectivity index (χ0n) is 14.5. The van der Waals surface area contributed by atoms with Crippen LogP contribution in [0.15, 0.2) is 12.1 Å². The van der Waals surface area contributed by atoms with Gasteiger partial charge in [-0.25, -0.2) is 0 Å². The third-order valence-corrected chi connectivity index (χ3v) is 6.44. The van der Waals surface area contributed by atoms with E-state index in [0.29, 0.717) is 13.2 Å². The number of methoxy groups -OCH3 is 1. The van der Waals surface area contributed by atoms with E-state index < -0.39 is 5.79 Å². The number of nitrogens with zero attached hydrogens (tertiary/aromatic N) is 1. The van der Waals surface area contributed by atoms with Crippen LogP contribution in [0.1, 0.15) is 36.8 Å². The molecule has 24 heavy (non-hydrogen) atoms. The Morgan fingerprint density at radius 3 is 2.79 bits per heavy atom. The molecule has 1 aliphatic carbocycles. The van der Waals surface area contributed by atoms with Gasteiger partial charge < -0.3 is 23.8 Å². The van der Waals surface area contributed by atoms with Crippen molar-refractivity contribution in [3.8, 4) is 11.5 Å². The second-order valence-electron chi connectivity index (χ2n) is 7.69. The summed E-state index contributed by atoms with van der Waals surface area (Å²) in [6, 6.07) is 4.27. The van der Waals surface area contributed by atoms with Crippen molar-refractivity contribution >= 4 is 0 Å². The normalized spacial score (nSPS) is 33.7. The van der Waals surface area contributed by atoms with Crippen LogP contribution in [0.25, 0.3) is 0 Å². The minimum Gasteiger partial charge on any atom is -0.493 e. The molecule has 2 atom stereocenters. The van der Waals surface area contributed by atoms with Crippen LogP contribution in [-0.2, 0) is 21.4 Å². The molecule has 0 bridgehead atoms. The monoisotopic (exact) mass is 331 g/mol. The van der Waals surface area contributed by atoms with E-state index >= 15 is 0 Å². The lowest BCUT2D eigenvalue weighted by molar-refractivity contribution is -0.202. The third-order valence-electron chi connectivity index (χ3n) is 6.44. The number of benzene rings is 1. The summed E-state index contributed by atoms with van der Waals surface area (Å²) in [5.41, 5.74) is 2.85. The highest BCUT2D eigenvalue weighted by Crippen LogP contribution is 2.59. The minimum atomic E-state index is -0.427.